The van der Waals surface area contributed by atoms with Crippen molar-refractivity contribution in [2.45, 2.75) is 19.9 Å². The third kappa shape index (κ3) is 2.19. The fourth-order valence-corrected chi connectivity index (χ4v) is 2.46. The number of nitrogens with zero attached hydrogens (tertiary/aromatic N) is 1. The highest BCUT2D eigenvalue weighted by molar-refractivity contribution is 5.81. The molecule has 0 saturated heterocycles. The van der Waals surface area contributed by atoms with Crippen LogP contribution in [0.25, 0.3) is 11.0 Å². The Morgan fingerprint density at radius 3 is 2.75 bits per heavy atom. The van der Waals surface area contributed by atoms with Crippen molar-refractivity contribution < 1.29 is 4.42 Å². The van der Waals surface area contributed by atoms with Crippen molar-refractivity contribution >= 4 is 11.0 Å². The number of aromatic nitrogens is 1. The van der Waals surface area contributed by atoms with Crippen molar-refractivity contribution in [3.05, 3.63) is 65.2 Å². The first kappa shape index (κ1) is 12.8. The Balaban J connectivity index is 2.09. The van der Waals surface area contributed by atoms with E-state index in [0.717, 1.165) is 33.6 Å². The van der Waals surface area contributed by atoms with E-state index in [0.29, 0.717) is 0 Å². The van der Waals surface area contributed by atoms with E-state index in [-0.39, 0.29) is 6.04 Å². The van der Waals surface area contributed by atoms with Crippen LogP contribution in [0.5, 0.6) is 0 Å². The summed E-state index contributed by atoms with van der Waals surface area (Å²) in [5, 5.41) is 1.09. The van der Waals surface area contributed by atoms with Gasteiger partial charge in [0.25, 0.3) is 0 Å². The van der Waals surface area contributed by atoms with Crippen LogP contribution in [-0.2, 0) is 0 Å². The minimum atomic E-state index is -0.177. The Hall–Kier alpha value is -2.17. The summed E-state index contributed by atoms with van der Waals surface area (Å²) in [6, 6.07) is 11.9. The van der Waals surface area contributed by atoms with Gasteiger partial charge in [0, 0.05) is 17.3 Å². The van der Waals surface area contributed by atoms with Crippen molar-refractivity contribution in [1.29, 1.82) is 0 Å². The van der Waals surface area contributed by atoms with Gasteiger partial charge in [-0.3, -0.25) is 10.8 Å². The molecular formula is C16H17N3O. The zero-order valence-electron chi connectivity index (χ0n) is 11.6. The highest BCUT2D eigenvalue weighted by Crippen LogP contribution is 2.29. The first-order chi connectivity index (χ1) is 9.69. The van der Waals surface area contributed by atoms with E-state index in [1.54, 1.807) is 6.20 Å². The second-order valence-corrected chi connectivity index (χ2v) is 4.97. The van der Waals surface area contributed by atoms with Gasteiger partial charge in [-0.1, -0.05) is 18.2 Å². The first-order valence-electron chi connectivity index (χ1n) is 6.57. The fourth-order valence-electron chi connectivity index (χ4n) is 2.46. The molecule has 1 atom stereocenters. The Bertz CT molecular complexity index is 748. The molecule has 0 bridgehead atoms. The molecule has 1 aromatic carbocycles. The lowest BCUT2D eigenvalue weighted by Gasteiger charge is -2.13. The average molecular weight is 267 g/mol. The molecule has 3 aromatic rings. The smallest absolute Gasteiger partial charge is 0.137 e. The number of hydrogen-bond donors (Lipinski definition) is 2. The number of fused-ring (bicyclic) bond motifs is 1. The van der Waals surface area contributed by atoms with Crippen molar-refractivity contribution in [3.8, 4) is 0 Å². The van der Waals surface area contributed by atoms with Crippen LogP contribution < -0.4 is 11.3 Å². The van der Waals surface area contributed by atoms with Crippen molar-refractivity contribution in [2.75, 3.05) is 0 Å². The van der Waals surface area contributed by atoms with Crippen LogP contribution in [0.2, 0.25) is 0 Å². The molecule has 102 valence electrons. The summed E-state index contributed by atoms with van der Waals surface area (Å²) in [5.41, 5.74) is 6.84. The van der Waals surface area contributed by atoms with Gasteiger partial charge in [0.2, 0.25) is 0 Å². The largest absolute Gasteiger partial charge is 0.459 e. The molecule has 0 fully saturated rings. The summed E-state index contributed by atoms with van der Waals surface area (Å²) in [7, 11) is 0. The summed E-state index contributed by atoms with van der Waals surface area (Å²) in [4.78, 5) is 4.21. The molecule has 20 heavy (non-hydrogen) atoms. The fraction of sp³-hybridized carbons (Fsp3) is 0.188. The highest BCUT2D eigenvalue weighted by Gasteiger charge is 2.18. The van der Waals surface area contributed by atoms with Gasteiger partial charge >= 0.3 is 0 Å². The molecule has 0 spiro atoms. The van der Waals surface area contributed by atoms with E-state index in [4.69, 9.17) is 10.3 Å². The Labute approximate surface area is 117 Å². The quantitative estimate of drug-likeness (QED) is 0.565. The van der Waals surface area contributed by atoms with Crippen LogP contribution in [0.3, 0.4) is 0 Å². The summed E-state index contributed by atoms with van der Waals surface area (Å²) in [5.74, 6) is 6.52. The first-order valence-corrected chi connectivity index (χ1v) is 6.57. The van der Waals surface area contributed by atoms with Crippen molar-refractivity contribution in [3.63, 3.8) is 0 Å². The van der Waals surface area contributed by atoms with Crippen molar-refractivity contribution in [2.24, 2.45) is 5.84 Å². The number of nitrogens with two attached hydrogens (primary N) is 1. The molecule has 2 aromatic heterocycles. The Morgan fingerprint density at radius 2 is 2.05 bits per heavy atom. The van der Waals surface area contributed by atoms with Gasteiger partial charge in [-0.15, -0.1) is 0 Å². The van der Waals surface area contributed by atoms with E-state index in [9.17, 15) is 0 Å². The van der Waals surface area contributed by atoms with Gasteiger partial charge < -0.3 is 4.42 Å². The predicted octanol–water partition coefficient (Wildman–Crippen LogP) is 3.00. The van der Waals surface area contributed by atoms with Crippen LogP contribution >= 0.6 is 0 Å². The van der Waals surface area contributed by atoms with Crippen molar-refractivity contribution in [1.82, 2.24) is 10.4 Å². The number of hydrogen-bond acceptors (Lipinski definition) is 4. The third-order valence-corrected chi connectivity index (χ3v) is 3.47. The van der Waals surface area contributed by atoms with E-state index in [1.807, 2.05) is 50.2 Å². The molecule has 3 N–H and O–H groups in total. The zero-order chi connectivity index (χ0) is 14.1. The molecule has 0 aliphatic carbocycles. The number of para-hydroxylation sites is 1. The lowest BCUT2D eigenvalue weighted by atomic mass is 10.1. The maximum atomic E-state index is 5.98. The molecule has 3 rings (SSSR count). The SMILES string of the molecule is Cc1cc(C(NN)c2cc3cccc(C)c3o2)ccn1. The second kappa shape index (κ2) is 5.07. The lowest BCUT2D eigenvalue weighted by Crippen LogP contribution is -2.28. The van der Waals surface area contributed by atoms with Gasteiger partial charge in [0.1, 0.15) is 17.4 Å². The predicted molar refractivity (Wildman–Crippen MR) is 79.1 cm³/mol. The van der Waals surface area contributed by atoms with Crippen LogP contribution in [0, 0.1) is 13.8 Å². The van der Waals surface area contributed by atoms with E-state index < -0.39 is 0 Å². The Morgan fingerprint density at radius 1 is 1.20 bits per heavy atom. The number of aryl methyl sites for hydroxylation is 2. The van der Waals surface area contributed by atoms with Gasteiger partial charge in [0.05, 0.1) is 0 Å². The number of hydrazine groups is 1. The maximum absolute atomic E-state index is 5.98. The molecule has 2 heterocycles. The summed E-state index contributed by atoms with van der Waals surface area (Å²) in [6.07, 6.45) is 1.78. The van der Waals surface area contributed by atoms with Crippen LogP contribution in [0.15, 0.2) is 47.0 Å². The molecule has 4 nitrogen and oxygen atoms in total. The standard InChI is InChI=1S/C16H17N3O/c1-10-4-3-5-13-9-14(20-16(10)13)15(19-17)12-6-7-18-11(2)8-12/h3-9,15,19H,17H2,1-2H3. The molecular weight excluding hydrogens is 250 g/mol. The number of nitrogens with one attached hydrogen (secondary N) is 1. The minimum absolute atomic E-state index is 0.177. The van der Waals surface area contributed by atoms with Crippen LogP contribution in [0.4, 0.5) is 0 Å². The number of pyridine rings is 1. The lowest BCUT2D eigenvalue weighted by molar-refractivity contribution is 0.476. The zero-order valence-corrected chi connectivity index (χ0v) is 11.6. The molecule has 1 unspecified atom stereocenters. The van der Waals surface area contributed by atoms with Gasteiger partial charge in [-0.05, 0) is 43.2 Å². The highest BCUT2D eigenvalue weighted by atomic mass is 16.3. The molecule has 0 aliphatic rings. The van der Waals surface area contributed by atoms with Gasteiger partial charge in [-0.25, -0.2) is 5.43 Å². The summed E-state index contributed by atoms with van der Waals surface area (Å²) in [6.45, 7) is 4.00. The maximum Gasteiger partial charge on any atom is 0.137 e. The second-order valence-electron chi connectivity index (χ2n) is 4.97. The molecule has 0 saturated carbocycles. The van der Waals surface area contributed by atoms with Gasteiger partial charge in [0.15, 0.2) is 0 Å². The van der Waals surface area contributed by atoms with E-state index in [2.05, 4.69) is 10.4 Å². The average Bonchev–Trinajstić information content (AvgIpc) is 2.85. The van der Waals surface area contributed by atoms with Crippen LogP contribution in [-0.4, -0.2) is 4.98 Å². The molecule has 0 aliphatic heterocycles. The number of furan rings is 1. The minimum Gasteiger partial charge on any atom is -0.459 e. The third-order valence-electron chi connectivity index (χ3n) is 3.47. The number of rotatable bonds is 3. The topological polar surface area (TPSA) is 64.1 Å². The molecule has 0 amide bonds. The van der Waals surface area contributed by atoms with Crippen LogP contribution in [0.1, 0.15) is 28.6 Å². The Kier molecular flexibility index (Phi) is 3.26. The monoisotopic (exact) mass is 267 g/mol. The van der Waals surface area contributed by atoms with Gasteiger partial charge in [-0.2, -0.15) is 0 Å². The van der Waals surface area contributed by atoms with E-state index >= 15 is 0 Å². The summed E-state index contributed by atoms with van der Waals surface area (Å²) >= 11 is 0. The number of benzene rings is 1. The molecule has 0 radical (unpaired) electrons. The molecule has 4 heteroatoms. The van der Waals surface area contributed by atoms with E-state index in [1.165, 1.54) is 0 Å². The summed E-state index contributed by atoms with van der Waals surface area (Å²) < 4.78 is 5.98. The normalized spacial score (nSPS) is 12.8.